The van der Waals surface area contributed by atoms with E-state index in [0.717, 1.165) is 27.0 Å². The molecule has 4 rings (SSSR count). The normalized spacial score (nSPS) is 22.2. The van der Waals surface area contributed by atoms with E-state index >= 15 is 0 Å². The molecular weight excluding hydrogens is 341 g/mol. The first-order valence-electron chi connectivity index (χ1n) is 7.53. The molecule has 0 aromatic carbocycles. The second kappa shape index (κ2) is 5.52. The van der Waals surface area contributed by atoms with Crippen LogP contribution in [0.3, 0.4) is 0 Å². The third kappa shape index (κ3) is 1.94. The van der Waals surface area contributed by atoms with Crippen molar-refractivity contribution in [1.29, 1.82) is 0 Å². The molecule has 0 radical (unpaired) electrons. The predicted molar refractivity (Wildman–Crippen MR) is 84.5 cm³/mol. The molecule has 4 nitrogen and oxygen atoms in total. The Morgan fingerprint density at radius 3 is 1.64 bits per heavy atom. The van der Waals surface area contributed by atoms with Crippen LogP contribution in [0, 0.1) is 5.92 Å². The molecule has 114 valence electrons. The Morgan fingerprint density at radius 1 is 0.818 bits per heavy atom. The van der Waals surface area contributed by atoms with Crippen LogP contribution in [0.15, 0.2) is 68.4 Å². The Kier molecular flexibility index (Phi) is 3.50. The van der Waals surface area contributed by atoms with Crippen molar-refractivity contribution in [2.75, 3.05) is 13.2 Å². The summed E-state index contributed by atoms with van der Waals surface area (Å²) in [6.07, 6.45) is 5.21. The summed E-state index contributed by atoms with van der Waals surface area (Å²) in [5, 5.41) is 0. The summed E-state index contributed by atoms with van der Waals surface area (Å²) in [5.41, 5.74) is 0. The summed E-state index contributed by atoms with van der Waals surface area (Å²) in [6, 6.07) is 12.0. The fourth-order valence-corrected chi connectivity index (χ4v) is 14.1. The van der Waals surface area contributed by atoms with Crippen LogP contribution < -0.4 is 13.8 Å². The van der Waals surface area contributed by atoms with E-state index in [1.54, 1.807) is 18.8 Å². The zero-order valence-corrected chi connectivity index (χ0v) is 14.5. The molecule has 0 N–H and O–H groups in total. The van der Waals surface area contributed by atoms with Gasteiger partial charge >= 0.3 is 131 Å². The maximum atomic E-state index is 5.92. The Hall–Kier alpha value is -1.66. The number of hydrogen-bond acceptors (Lipinski definition) is 4. The quantitative estimate of drug-likeness (QED) is 0.669. The Labute approximate surface area is 131 Å². The van der Waals surface area contributed by atoms with Gasteiger partial charge in [-0.25, -0.2) is 0 Å². The van der Waals surface area contributed by atoms with Gasteiger partial charge in [-0.15, -0.1) is 0 Å². The molecule has 1 aliphatic rings. The monoisotopic (exact) mass is 360 g/mol. The molecule has 1 aliphatic heterocycles. The van der Waals surface area contributed by atoms with E-state index in [1.807, 2.05) is 18.2 Å². The maximum absolute atomic E-state index is 5.92. The number of hydrogen-bond donors (Lipinski definition) is 0. The molecule has 22 heavy (non-hydrogen) atoms. The van der Waals surface area contributed by atoms with E-state index in [4.69, 9.17) is 18.0 Å². The molecule has 0 amide bonds. The molecule has 0 unspecified atom stereocenters. The summed E-state index contributed by atoms with van der Waals surface area (Å²) < 4.78 is 26.9. The minimum atomic E-state index is -3.19. The first-order chi connectivity index (χ1) is 10.8. The minimum absolute atomic E-state index is 0.364. The molecule has 0 saturated carbocycles. The summed E-state index contributed by atoms with van der Waals surface area (Å²) in [7, 11) is 0. The molecule has 5 heteroatoms. The fourth-order valence-electron chi connectivity index (χ4n) is 3.63. The number of ether oxygens (including phenoxy) is 1. The van der Waals surface area contributed by atoms with Crippen LogP contribution in [0.1, 0.15) is 6.92 Å². The number of furan rings is 3. The third-order valence-corrected chi connectivity index (χ3v) is 15.2. The molecule has 0 aliphatic carbocycles. The van der Waals surface area contributed by atoms with Crippen LogP contribution in [-0.2, 0) is 4.74 Å². The van der Waals surface area contributed by atoms with E-state index in [2.05, 4.69) is 25.1 Å². The fraction of sp³-hybridized carbons (Fsp3) is 0.294. The predicted octanol–water partition coefficient (Wildman–Crippen LogP) is 1.97. The average molecular weight is 359 g/mol. The van der Waals surface area contributed by atoms with Crippen molar-refractivity contribution in [2.45, 2.75) is 11.7 Å². The molecule has 0 spiro atoms. The topological polar surface area (TPSA) is 48.7 Å². The van der Waals surface area contributed by atoms with Gasteiger partial charge in [0, 0.05) is 0 Å². The molecule has 3 aromatic heterocycles. The van der Waals surface area contributed by atoms with Crippen LogP contribution in [-0.4, -0.2) is 26.5 Å². The van der Waals surface area contributed by atoms with Gasteiger partial charge in [0.1, 0.15) is 0 Å². The van der Waals surface area contributed by atoms with Crippen LogP contribution in [0.25, 0.3) is 0 Å². The van der Waals surface area contributed by atoms with Gasteiger partial charge in [-0.2, -0.15) is 0 Å². The van der Waals surface area contributed by atoms with E-state index < -0.39 is 13.3 Å². The van der Waals surface area contributed by atoms with Gasteiger partial charge in [0.2, 0.25) is 0 Å². The molecule has 3 aromatic rings. The van der Waals surface area contributed by atoms with Gasteiger partial charge in [-0.1, -0.05) is 0 Å². The molecular formula is C17H18GeO4. The molecule has 1 saturated heterocycles. The van der Waals surface area contributed by atoms with Gasteiger partial charge in [-0.3, -0.25) is 0 Å². The van der Waals surface area contributed by atoms with Crippen LogP contribution in [0.2, 0.25) is 4.75 Å². The van der Waals surface area contributed by atoms with Crippen molar-refractivity contribution in [3.05, 3.63) is 55.2 Å². The van der Waals surface area contributed by atoms with E-state index in [0.29, 0.717) is 10.7 Å². The summed E-state index contributed by atoms with van der Waals surface area (Å²) in [4.78, 5) is 0. The van der Waals surface area contributed by atoms with Crippen molar-refractivity contribution < 1.29 is 18.0 Å². The summed E-state index contributed by atoms with van der Waals surface area (Å²) in [6.45, 7) is 3.75. The summed E-state index contributed by atoms with van der Waals surface area (Å²) >= 11 is -3.19. The van der Waals surface area contributed by atoms with Gasteiger partial charge in [-0.05, 0) is 0 Å². The zero-order chi connectivity index (χ0) is 15.0. The van der Waals surface area contributed by atoms with Crippen molar-refractivity contribution in [1.82, 2.24) is 0 Å². The van der Waals surface area contributed by atoms with Crippen molar-refractivity contribution >= 4 is 27.0 Å². The second-order valence-corrected chi connectivity index (χ2v) is 13.9. The van der Waals surface area contributed by atoms with E-state index in [1.165, 1.54) is 0 Å². The molecule has 1 fully saturated rings. The first kappa shape index (κ1) is 14.0. The first-order valence-corrected chi connectivity index (χ1v) is 11.9. The molecule has 4 heterocycles. The van der Waals surface area contributed by atoms with Gasteiger partial charge in [0.15, 0.2) is 0 Å². The molecule has 0 bridgehead atoms. The SMILES string of the molecule is C[C@@H]1COC[C@@H]1[Ge]([c]1ccco1)([c]1ccco1)[c]1ccco1. The Bertz CT molecular complexity index is 616. The molecule has 2 atom stereocenters. The number of rotatable bonds is 4. The summed E-state index contributed by atoms with van der Waals surface area (Å²) in [5.74, 6) is 0.445. The van der Waals surface area contributed by atoms with Crippen LogP contribution in [0.5, 0.6) is 0 Å². The van der Waals surface area contributed by atoms with Gasteiger partial charge in [0.05, 0.1) is 0 Å². The van der Waals surface area contributed by atoms with Crippen LogP contribution in [0.4, 0.5) is 0 Å². The third-order valence-electron chi connectivity index (χ3n) is 4.65. The zero-order valence-electron chi connectivity index (χ0n) is 12.4. The van der Waals surface area contributed by atoms with Crippen molar-refractivity contribution in [3.8, 4) is 0 Å². The average Bonchev–Trinajstić information content (AvgIpc) is 3.32. The van der Waals surface area contributed by atoms with Crippen LogP contribution >= 0.6 is 0 Å². The standard InChI is InChI=1S/C17H18GeO4/c1-13-11-19-12-14(13)18(15-5-2-8-20-15,16-6-3-9-21-16)17-7-4-10-22-17/h2-10,13-14H,11-12H2,1H3/t13-,14+/m1/s1. The van der Waals surface area contributed by atoms with Gasteiger partial charge < -0.3 is 0 Å². The van der Waals surface area contributed by atoms with E-state index in [9.17, 15) is 0 Å². The Morgan fingerprint density at radius 2 is 1.32 bits per heavy atom. The van der Waals surface area contributed by atoms with Gasteiger partial charge in [0.25, 0.3) is 0 Å². The van der Waals surface area contributed by atoms with E-state index in [-0.39, 0.29) is 0 Å². The van der Waals surface area contributed by atoms with Crippen molar-refractivity contribution in [3.63, 3.8) is 0 Å². The second-order valence-electron chi connectivity index (χ2n) is 5.86. The van der Waals surface area contributed by atoms with Crippen molar-refractivity contribution in [2.24, 2.45) is 5.92 Å². The Balaban J connectivity index is 2.00.